The molecule has 10 nitrogen and oxygen atoms in total. The highest BCUT2D eigenvalue weighted by Crippen LogP contribution is 2.21. The van der Waals surface area contributed by atoms with Crippen molar-refractivity contribution in [3.63, 3.8) is 0 Å². The summed E-state index contributed by atoms with van der Waals surface area (Å²) in [6.07, 6.45) is -0.0692. The lowest BCUT2D eigenvalue weighted by Gasteiger charge is -2.31. The number of hydrogen-bond donors (Lipinski definition) is 5. The molecule has 0 aliphatic carbocycles. The molecule has 2 rings (SSSR count). The molecule has 0 aromatic heterocycles. The van der Waals surface area contributed by atoms with Crippen LogP contribution >= 0.6 is 0 Å². The Morgan fingerprint density at radius 1 is 1.09 bits per heavy atom. The lowest BCUT2D eigenvalue weighted by atomic mass is 10.0. The van der Waals surface area contributed by atoms with Gasteiger partial charge in [-0.25, -0.2) is 4.79 Å². The Kier molecular flexibility index (Phi) is 9.36. The number of nitrogens with zero attached hydrogens (tertiary/aromatic N) is 1. The fourth-order valence-corrected chi connectivity index (χ4v) is 3.85. The monoisotopic (exact) mass is 462 g/mol. The number of carbonyl (C=O) groups excluding carboxylic acids is 3. The maximum atomic E-state index is 13.3. The number of nitrogens with two attached hydrogens (primary N) is 1. The van der Waals surface area contributed by atoms with E-state index in [9.17, 15) is 29.4 Å². The maximum Gasteiger partial charge on any atom is 0.328 e. The quantitative estimate of drug-likeness (QED) is 0.317. The molecule has 33 heavy (non-hydrogen) atoms. The molecule has 1 fully saturated rings. The summed E-state index contributed by atoms with van der Waals surface area (Å²) in [5, 5.41) is 23.9. The Balaban J connectivity index is 2.08. The van der Waals surface area contributed by atoms with Gasteiger partial charge in [0.2, 0.25) is 17.7 Å². The van der Waals surface area contributed by atoms with Crippen molar-refractivity contribution >= 4 is 23.7 Å². The zero-order chi connectivity index (χ0) is 24.7. The van der Waals surface area contributed by atoms with Crippen molar-refractivity contribution in [2.75, 3.05) is 6.54 Å². The molecule has 5 atom stereocenters. The molecule has 0 bridgehead atoms. The molecule has 182 valence electrons. The number of aliphatic carboxylic acids is 1. The zero-order valence-electron chi connectivity index (χ0n) is 19.2. The fourth-order valence-electron chi connectivity index (χ4n) is 3.85. The van der Waals surface area contributed by atoms with E-state index in [1.54, 1.807) is 13.8 Å². The van der Waals surface area contributed by atoms with Gasteiger partial charge in [-0.2, -0.15) is 0 Å². The summed E-state index contributed by atoms with van der Waals surface area (Å²) in [6.45, 7) is 5.13. The van der Waals surface area contributed by atoms with Gasteiger partial charge < -0.3 is 31.5 Å². The molecule has 6 N–H and O–H groups in total. The first kappa shape index (κ1) is 26.3. The van der Waals surface area contributed by atoms with Gasteiger partial charge in [0, 0.05) is 6.54 Å². The van der Waals surface area contributed by atoms with Gasteiger partial charge in [0.15, 0.2) is 6.04 Å². The predicted molar refractivity (Wildman–Crippen MR) is 121 cm³/mol. The minimum Gasteiger partial charge on any atom is -0.480 e. The SMILES string of the molecule is CC(C)C(NC(=O)C(N)Cc1ccccc1)C(=O)N1CCCC1C(=O)NC(C(=O)O)C(C)O. The van der Waals surface area contributed by atoms with Crippen molar-refractivity contribution in [3.8, 4) is 0 Å². The van der Waals surface area contributed by atoms with Gasteiger partial charge in [-0.3, -0.25) is 14.4 Å². The van der Waals surface area contributed by atoms with E-state index in [-0.39, 0.29) is 5.92 Å². The van der Waals surface area contributed by atoms with E-state index in [1.807, 2.05) is 30.3 Å². The minimum absolute atomic E-state index is 0.265. The summed E-state index contributed by atoms with van der Waals surface area (Å²) in [7, 11) is 0. The average Bonchev–Trinajstić information content (AvgIpc) is 3.25. The molecule has 1 aromatic rings. The number of likely N-dealkylation sites (tertiary alicyclic amines) is 1. The first-order valence-electron chi connectivity index (χ1n) is 11.1. The largest absolute Gasteiger partial charge is 0.480 e. The lowest BCUT2D eigenvalue weighted by Crippen LogP contribution is -2.59. The third-order valence-corrected chi connectivity index (χ3v) is 5.75. The van der Waals surface area contributed by atoms with Crippen LogP contribution in [0.4, 0.5) is 0 Å². The van der Waals surface area contributed by atoms with Crippen LogP contribution in [0.25, 0.3) is 0 Å². The Hall–Kier alpha value is -2.98. The van der Waals surface area contributed by atoms with Crippen molar-refractivity contribution in [2.24, 2.45) is 11.7 Å². The number of nitrogens with one attached hydrogen (secondary N) is 2. The van der Waals surface area contributed by atoms with Gasteiger partial charge in [0.1, 0.15) is 12.1 Å². The highest BCUT2D eigenvalue weighted by Gasteiger charge is 2.40. The molecule has 3 amide bonds. The number of aliphatic hydroxyl groups is 1. The Morgan fingerprint density at radius 2 is 1.73 bits per heavy atom. The van der Waals surface area contributed by atoms with E-state index in [2.05, 4.69) is 10.6 Å². The Morgan fingerprint density at radius 3 is 2.27 bits per heavy atom. The normalized spacial score (nSPS) is 19.5. The highest BCUT2D eigenvalue weighted by atomic mass is 16.4. The van der Waals surface area contributed by atoms with Gasteiger partial charge in [0.25, 0.3) is 0 Å². The van der Waals surface area contributed by atoms with Gasteiger partial charge in [-0.05, 0) is 37.7 Å². The summed E-state index contributed by atoms with van der Waals surface area (Å²) in [4.78, 5) is 51.4. The first-order chi connectivity index (χ1) is 15.5. The van der Waals surface area contributed by atoms with Gasteiger partial charge in [0.05, 0.1) is 12.1 Å². The van der Waals surface area contributed by atoms with E-state index in [0.717, 1.165) is 5.56 Å². The van der Waals surface area contributed by atoms with E-state index in [1.165, 1.54) is 11.8 Å². The van der Waals surface area contributed by atoms with Crippen LogP contribution in [0, 0.1) is 5.92 Å². The van der Waals surface area contributed by atoms with E-state index in [0.29, 0.717) is 25.8 Å². The molecule has 1 heterocycles. The van der Waals surface area contributed by atoms with Crippen LogP contribution in [-0.2, 0) is 25.6 Å². The second kappa shape index (κ2) is 11.8. The average molecular weight is 463 g/mol. The number of carboxylic acid groups (broad SMARTS) is 1. The number of aliphatic hydroxyl groups excluding tert-OH is 1. The third-order valence-electron chi connectivity index (χ3n) is 5.75. The van der Waals surface area contributed by atoms with E-state index >= 15 is 0 Å². The number of rotatable bonds is 10. The van der Waals surface area contributed by atoms with Crippen LogP contribution in [0.3, 0.4) is 0 Å². The van der Waals surface area contributed by atoms with Crippen LogP contribution in [0.1, 0.15) is 39.2 Å². The first-order valence-corrected chi connectivity index (χ1v) is 11.1. The lowest BCUT2D eigenvalue weighted by molar-refractivity contribution is -0.147. The van der Waals surface area contributed by atoms with Gasteiger partial charge in [-0.15, -0.1) is 0 Å². The Bertz CT molecular complexity index is 845. The summed E-state index contributed by atoms with van der Waals surface area (Å²) in [5.41, 5.74) is 6.96. The molecule has 10 heteroatoms. The molecule has 0 spiro atoms. The van der Waals surface area contributed by atoms with Crippen molar-refractivity contribution in [2.45, 2.75) is 70.3 Å². The molecule has 1 aliphatic heterocycles. The van der Waals surface area contributed by atoms with Crippen LogP contribution in [-0.4, -0.2) is 75.6 Å². The molecule has 0 radical (unpaired) electrons. The standard InChI is InChI=1S/C23H34N4O6/c1-13(2)18(25-20(29)16(24)12-15-8-5-4-6-9-15)22(31)27-11-7-10-17(27)21(30)26-19(14(3)28)23(32)33/h4-6,8-9,13-14,16-19,28H,7,10-12,24H2,1-3H3,(H,25,29)(H,26,30)(H,32,33). The number of benzene rings is 1. The number of carboxylic acids is 1. The van der Waals surface area contributed by atoms with E-state index < -0.39 is 54.0 Å². The van der Waals surface area contributed by atoms with Crippen molar-refractivity contribution in [1.82, 2.24) is 15.5 Å². The second-order valence-corrected chi connectivity index (χ2v) is 8.78. The minimum atomic E-state index is -1.48. The molecule has 5 unspecified atom stereocenters. The maximum absolute atomic E-state index is 13.3. The summed E-state index contributed by atoms with van der Waals surface area (Å²) in [6, 6.07) is 5.20. The smallest absolute Gasteiger partial charge is 0.328 e. The van der Waals surface area contributed by atoms with E-state index in [4.69, 9.17) is 5.73 Å². The summed E-state index contributed by atoms with van der Waals surface area (Å²) < 4.78 is 0. The molecule has 0 saturated carbocycles. The molecule has 1 aromatic carbocycles. The topological polar surface area (TPSA) is 162 Å². The fraction of sp³-hybridized carbons (Fsp3) is 0.565. The second-order valence-electron chi connectivity index (χ2n) is 8.78. The molecule has 1 saturated heterocycles. The number of amides is 3. The number of carbonyl (C=O) groups is 4. The number of hydrogen-bond acceptors (Lipinski definition) is 6. The molecular formula is C23H34N4O6. The van der Waals surface area contributed by atoms with Crippen molar-refractivity contribution in [3.05, 3.63) is 35.9 Å². The van der Waals surface area contributed by atoms with Crippen LogP contribution < -0.4 is 16.4 Å². The van der Waals surface area contributed by atoms with Crippen LogP contribution in [0.15, 0.2) is 30.3 Å². The third kappa shape index (κ3) is 7.00. The Labute approximate surface area is 193 Å². The highest BCUT2D eigenvalue weighted by molar-refractivity contribution is 5.94. The summed E-state index contributed by atoms with van der Waals surface area (Å²) in [5.74, 6) is -3.17. The zero-order valence-corrected chi connectivity index (χ0v) is 19.2. The summed E-state index contributed by atoms with van der Waals surface area (Å²) >= 11 is 0. The predicted octanol–water partition coefficient (Wildman–Crippen LogP) is -0.362. The van der Waals surface area contributed by atoms with Crippen LogP contribution in [0.2, 0.25) is 0 Å². The van der Waals surface area contributed by atoms with Crippen molar-refractivity contribution < 1.29 is 29.4 Å². The molecular weight excluding hydrogens is 428 g/mol. The van der Waals surface area contributed by atoms with Crippen LogP contribution in [0.5, 0.6) is 0 Å². The van der Waals surface area contributed by atoms with Crippen molar-refractivity contribution in [1.29, 1.82) is 0 Å². The molecule has 1 aliphatic rings. The van der Waals surface area contributed by atoms with Gasteiger partial charge in [-0.1, -0.05) is 44.2 Å². The van der Waals surface area contributed by atoms with Gasteiger partial charge >= 0.3 is 5.97 Å².